The van der Waals surface area contributed by atoms with Crippen LogP contribution in [0.15, 0.2) is 48.8 Å². The number of carbonyl (C=O) groups excluding carboxylic acids is 1. The molecule has 2 amide bonds. The van der Waals surface area contributed by atoms with E-state index in [1.54, 1.807) is 12.4 Å². The Balaban J connectivity index is 1.52. The van der Waals surface area contributed by atoms with E-state index in [4.69, 9.17) is 0 Å². The first-order valence-corrected chi connectivity index (χ1v) is 9.78. The van der Waals surface area contributed by atoms with Crippen molar-refractivity contribution in [2.75, 3.05) is 26.2 Å². The first kappa shape index (κ1) is 19.7. The summed E-state index contributed by atoms with van der Waals surface area (Å²) in [5.74, 6) is 0. The van der Waals surface area contributed by atoms with Crippen molar-refractivity contribution < 1.29 is 18.0 Å². The maximum atomic E-state index is 12.9. The van der Waals surface area contributed by atoms with Crippen molar-refractivity contribution in [3.05, 3.63) is 65.5 Å². The average Bonchev–Trinajstić information content (AvgIpc) is 3.53. The van der Waals surface area contributed by atoms with Gasteiger partial charge in [0.2, 0.25) is 0 Å². The van der Waals surface area contributed by atoms with E-state index in [1.807, 2.05) is 17.0 Å². The van der Waals surface area contributed by atoms with Gasteiger partial charge in [-0.25, -0.2) is 4.79 Å². The van der Waals surface area contributed by atoms with Crippen molar-refractivity contribution in [1.82, 2.24) is 20.1 Å². The molecule has 2 aromatic rings. The number of nitrogens with one attached hydrogen (secondary N) is 1. The summed E-state index contributed by atoms with van der Waals surface area (Å²) in [4.78, 5) is 20.5. The van der Waals surface area contributed by atoms with Gasteiger partial charge in [0.1, 0.15) is 0 Å². The third-order valence-electron chi connectivity index (χ3n) is 5.43. The van der Waals surface area contributed by atoms with E-state index < -0.39 is 11.7 Å². The Morgan fingerprint density at radius 1 is 1.03 bits per heavy atom. The Bertz CT molecular complexity index is 829. The van der Waals surface area contributed by atoms with Crippen LogP contribution in [0.5, 0.6) is 0 Å². The number of hydrogen-bond acceptors (Lipinski definition) is 3. The summed E-state index contributed by atoms with van der Waals surface area (Å²) in [6, 6.07) is 9.15. The summed E-state index contributed by atoms with van der Waals surface area (Å²) in [6.07, 6.45) is 1.15. The molecule has 4 rings (SSSR count). The minimum Gasteiger partial charge on any atom is -0.335 e. The largest absolute Gasteiger partial charge is 0.416 e. The molecule has 8 heteroatoms. The Morgan fingerprint density at radius 3 is 2.28 bits per heavy atom. The number of halogens is 3. The van der Waals surface area contributed by atoms with Crippen molar-refractivity contribution in [2.45, 2.75) is 31.1 Å². The number of amides is 2. The van der Waals surface area contributed by atoms with Gasteiger partial charge in [0.15, 0.2) is 0 Å². The third-order valence-corrected chi connectivity index (χ3v) is 5.43. The Hall–Kier alpha value is -2.61. The number of aromatic nitrogens is 1. The van der Waals surface area contributed by atoms with Crippen LogP contribution in [0, 0.1) is 0 Å². The van der Waals surface area contributed by atoms with E-state index in [9.17, 15) is 18.0 Å². The molecule has 1 atom stereocenters. The molecule has 5 nitrogen and oxygen atoms in total. The highest BCUT2D eigenvalue weighted by Gasteiger charge is 2.33. The normalized spacial score (nSPS) is 19.1. The number of hydrogen-bond donors (Lipinski definition) is 1. The summed E-state index contributed by atoms with van der Waals surface area (Å²) in [7, 11) is 0. The maximum Gasteiger partial charge on any atom is 0.416 e. The van der Waals surface area contributed by atoms with Gasteiger partial charge in [0, 0.05) is 44.6 Å². The highest BCUT2D eigenvalue weighted by molar-refractivity contribution is 5.75. The Kier molecular flexibility index (Phi) is 5.45. The highest BCUT2D eigenvalue weighted by Crippen LogP contribution is 2.33. The van der Waals surface area contributed by atoms with Gasteiger partial charge >= 0.3 is 12.2 Å². The van der Waals surface area contributed by atoms with Gasteiger partial charge in [0.05, 0.1) is 11.6 Å². The number of piperazine rings is 1. The van der Waals surface area contributed by atoms with Crippen LogP contribution in [0.4, 0.5) is 18.0 Å². The van der Waals surface area contributed by atoms with Crippen LogP contribution in [-0.4, -0.2) is 53.0 Å². The molecule has 0 spiro atoms. The Labute approximate surface area is 167 Å². The number of carbonyl (C=O) groups is 1. The van der Waals surface area contributed by atoms with E-state index in [-0.39, 0.29) is 12.1 Å². The molecule has 29 heavy (non-hydrogen) atoms. The molecule has 1 aromatic carbocycles. The van der Waals surface area contributed by atoms with E-state index in [0.717, 1.165) is 36.1 Å². The van der Waals surface area contributed by atoms with Crippen molar-refractivity contribution >= 4 is 6.03 Å². The fourth-order valence-corrected chi connectivity index (χ4v) is 3.68. The molecule has 2 heterocycles. The molecule has 154 valence electrons. The standard InChI is InChI=1S/C21H23F3N4O/c22-21(23,24)17-5-3-15(4-6-17)19(16-2-1-9-25-14-16)27-10-12-28(13-11-27)20(29)26-18-7-8-18/h1-6,9,14,18-19H,7-8,10-13H2,(H,26,29). The van der Waals surface area contributed by atoms with Crippen LogP contribution in [0.1, 0.15) is 35.6 Å². The molecule has 1 N–H and O–H groups in total. The number of rotatable bonds is 4. The lowest BCUT2D eigenvalue weighted by atomic mass is 9.96. The second-order valence-electron chi connectivity index (χ2n) is 7.56. The van der Waals surface area contributed by atoms with Gasteiger partial charge in [-0.2, -0.15) is 13.2 Å². The monoisotopic (exact) mass is 404 g/mol. The molecule has 0 radical (unpaired) electrons. The molecule has 1 saturated heterocycles. The molecule has 1 saturated carbocycles. The topological polar surface area (TPSA) is 48.5 Å². The lowest BCUT2D eigenvalue weighted by molar-refractivity contribution is -0.137. The summed E-state index contributed by atoms with van der Waals surface area (Å²) >= 11 is 0. The van der Waals surface area contributed by atoms with E-state index >= 15 is 0 Å². The first-order valence-electron chi connectivity index (χ1n) is 9.78. The zero-order valence-corrected chi connectivity index (χ0v) is 15.9. The molecule has 0 bridgehead atoms. The maximum absolute atomic E-state index is 12.9. The van der Waals surface area contributed by atoms with Crippen LogP contribution in [0.3, 0.4) is 0 Å². The minimum absolute atomic E-state index is 0.0281. The summed E-state index contributed by atoms with van der Waals surface area (Å²) in [5, 5.41) is 3.00. The van der Waals surface area contributed by atoms with E-state index in [2.05, 4.69) is 15.2 Å². The first-order chi connectivity index (χ1) is 13.9. The van der Waals surface area contributed by atoms with Crippen molar-refractivity contribution in [3.63, 3.8) is 0 Å². The highest BCUT2D eigenvalue weighted by atomic mass is 19.4. The number of alkyl halides is 3. The zero-order chi connectivity index (χ0) is 20.4. The quantitative estimate of drug-likeness (QED) is 0.846. The molecule has 1 aromatic heterocycles. The second-order valence-corrected chi connectivity index (χ2v) is 7.56. The van der Waals surface area contributed by atoms with Crippen LogP contribution in [-0.2, 0) is 6.18 Å². The number of benzene rings is 1. The SMILES string of the molecule is O=C(NC1CC1)N1CCN(C(c2ccc(C(F)(F)F)cc2)c2cccnc2)CC1. The molecular formula is C21H23F3N4O. The molecule has 2 aliphatic rings. The van der Waals surface area contributed by atoms with Gasteiger partial charge in [-0.1, -0.05) is 18.2 Å². The molecule has 2 fully saturated rings. The van der Waals surface area contributed by atoms with Crippen molar-refractivity contribution in [1.29, 1.82) is 0 Å². The van der Waals surface area contributed by atoms with Crippen molar-refractivity contribution in [2.24, 2.45) is 0 Å². The van der Waals surface area contributed by atoms with E-state index in [1.165, 1.54) is 12.1 Å². The van der Waals surface area contributed by atoms with Gasteiger partial charge in [-0.05, 0) is 42.2 Å². The predicted octanol–water partition coefficient (Wildman–Crippen LogP) is 3.68. The average molecular weight is 404 g/mol. The van der Waals surface area contributed by atoms with Gasteiger partial charge in [0.25, 0.3) is 0 Å². The fraction of sp³-hybridized carbons (Fsp3) is 0.429. The lowest BCUT2D eigenvalue weighted by Crippen LogP contribution is -2.52. The van der Waals surface area contributed by atoms with Crippen LogP contribution in [0.2, 0.25) is 0 Å². The van der Waals surface area contributed by atoms with Gasteiger partial charge in [-0.3, -0.25) is 9.88 Å². The summed E-state index contributed by atoms with van der Waals surface area (Å²) in [5.41, 5.74) is 1.04. The van der Waals surface area contributed by atoms with Gasteiger partial charge in [-0.15, -0.1) is 0 Å². The van der Waals surface area contributed by atoms with Gasteiger partial charge < -0.3 is 10.2 Å². The fourth-order valence-electron chi connectivity index (χ4n) is 3.68. The number of nitrogens with zero attached hydrogens (tertiary/aromatic N) is 3. The molecule has 1 aliphatic carbocycles. The molecule has 1 unspecified atom stereocenters. The molecular weight excluding hydrogens is 381 g/mol. The van der Waals surface area contributed by atoms with Crippen LogP contribution < -0.4 is 5.32 Å². The summed E-state index contributed by atoms with van der Waals surface area (Å²) in [6.45, 7) is 2.43. The predicted molar refractivity (Wildman–Crippen MR) is 102 cm³/mol. The third kappa shape index (κ3) is 4.70. The Morgan fingerprint density at radius 2 is 1.72 bits per heavy atom. The lowest BCUT2D eigenvalue weighted by Gasteiger charge is -2.39. The summed E-state index contributed by atoms with van der Waals surface area (Å²) < 4.78 is 38.8. The van der Waals surface area contributed by atoms with Crippen LogP contribution in [0.25, 0.3) is 0 Å². The minimum atomic E-state index is -4.36. The zero-order valence-electron chi connectivity index (χ0n) is 15.9. The molecule has 1 aliphatic heterocycles. The van der Waals surface area contributed by atoms with Crippen LogP contribution >= 0.6 is 0 Å². The smallest absolute Gasteiger partial charge is 0.335 e. The second kappa shape index (κ2) is 8.02. The number of urea groups is 1. The number of pyridine rings is 1. The van der Waals surface area contributed by atoms with E-state index in [0.29, 0.717) is 32.2 Å². The van der Waals surface area contributed by atoms with Crippen molar-refractivity contribution in [3.8, 4) is 0 Å².